The second-order valence-corrected chi connectivity index (χ2v) is 7.96. The maximum atomic E-state index is 12.7. The summed E-state index contributed by atoms with van der Waals surface area (Å²) in [5, 5.41) is 0. The first-order valence-electron chi connectivity index (χ1n) is 8.26. The predicted molar refractivity (Wildman–Crippen MR) is 94.4 cm³/mol. The van der Waals surface area contributed by atoms with Gasteiger partial charge in [0, 0.05) is 13.1 Å². The van der Waals surface area contributed by atoms with Gasteiger partial charge in [0.05, 0.1) is 16.8 Å². The largest absolute Gasteiger partial charge is 0.460 e. The molecule has 2 aromatic rings. The smallest absolute Gasteiger partial charge is 0.243 e. The topological polar surface area (TPSA) is 62.9 Å². The number of rotatable bonds is 4. The summed E-state index contributed by atoms with van der Waals surface area (Å²) in [4.78, 5) is 4.64. The summed E-state index contributed by atoms with van der Waals surface area (Å²) in [5.41, 5.74) is 0.693. The van der Waals surface area contributed by atoms with Crippen LogP contribution in [0.3, 0.4) is 0 Å². The Kier molecular flexibility index (Phi) is 5.16. The second-order valence-electron chi connectivity index (χ2n) is 6.02. The van der Waals surface area contributed by atoms with E-state index in [0.717, 1.165) is 31.4 Å². The fourth-order valence-electron chi connectivity index (χ4n) is 2.80. The van der Waals surface area contributed by atoms with Crippen LogP contribution in [0, 0.1) is 6.92 Å². The average molecular weight is 346 g/mol. The van der Waals surface area contributed by atoms with E-state index >= 15 is 0 Å². The summed E-state index contributed by atoms with van der Waals surface area (Å²) in [6.45, 7) is 3.10. The van der Waals surface area contributed by atoms with Crippen LogP contribution in [0.4, 0.5) is 5.69 Å². The molecule has 1 saturated heterocycles. The fraction of sp³-hybridized carbons (Fsp3) is 0.389. The highest BCUT2D eigenvalue weighted by Gasteiger charge is 2.24. The van der Waals surface area contributed by atoms with Crippen LogP contribution in [0.5, 0.6) is 0 Å². The number of aryl methyl sites for hydroxylation is 1. The van der Waals surface area contributed by atoms with E-state index in [9.17, 15) is 8.42 Å². The predicted octanol–water partition coefficient (Wildman–Crippen LogP) is 3.90. The molecule has 1 aromatic heterocycles. The first-order chi connectivity index (χ1) is 11.6. The minimum atomic E-state index is -3.40. The van der Waals surface area contributed by atoms with E-state index in [1.165, 1.54) is 0 Å². The molecule has 3 rings (SSSR count). The first kappa shape index (κ1) is 16.9. The number of hydrogen-bond donors (Lipinski definition) is 0. The zero-order chi connectivity index (χ0) is 17.0. The molecular formula is C18H22N2O3S. The normalized spacial score (nSPS) is 17.2. The molecule has 0 atom stereocenters. The molecule has 0 amide bonds. The van der Waals surface area contributed by atoms with Gasteiger partial charge in [0.2, 0.25) is 10.0 Å². The third-order valence-electron chi connectivity index (χ3n) is 4.14. The number of furan rings is 1. The third kappa shape index (κ3) is 3.94. The molecule has 0 unspecified atom stereocenters. The Labute approximate surface area is 143 Å². The number of nitrogens with zero attached hydrogens (tertiary/aromatic N) is 2. The summed E-state index contributed by atoms with van der Waals surface area (Å²) in [6, 6.07) is 10.4. The first-order valence-corrected chi connectivity index (χ1v) is 9.70. The Morgan fingerprint density at radius 1 is 1.00 bits per heavy atom. The lowest BCUT2D eigenvalue weighted by Gasteiger charge is -2.19. The van der Waals surface area contributed by atoms with Crippen molar-refractivity contribution in [1.29, 1.82) is 0 Å². The van der Waals surface area contributed by atoms with Crippen LogP contribution in [-0.2, 0) is 10.0 Å². The molecule has 24 heavy (non-hydrogen) atoms. The minimum Gasteiger partial charge on any atom is -0.460 e. The summed E-state index contributed by atoms with van der Waals surface area (Å²) in [6.07, 6.45) is 5.71. The standard InChI is InChI=1S/C18H22N2O3S/c1-15-6-9-17(23-15)14-19-16-7-10-18(11-8-16)24(21,22)20-12-4-2-3-5-13-20/h6-11,14H,2-5,12-13H2,1H3. The molecule has 0 bridgehead atoms. The van der Waals surface area contributed by atoms with Crippen LogP contribution in [0.2, 0.25) is 0 Å². The van der Waals surface area contributed by atoms with Gasteiger partial charge in [0.25, 0.3) is 0 Å². The molecule has 0 saturated carbocycles. The van der Waals surface area contributed by atoms with E-state index in [0.29, 0.717) is 29.4 Å². The van der Waals surface area contributed by atoms with E-state index in [2.05, 4.69) is 4.99 Å². The lowest BCUT2D eigenvalue weighted by atomic mass is 10.2. The van der Waals surface area contributed by atoms with Gasteiger partial charge < -0.3 is 4.42 Å². The molecule has 0 radical (unpaired) electrons. The van der Waals surface area contributed by atoms with Crippen molar-refractivity contribution in [3.63, 3.8) is 0 Å². The van der Waals surface area contributed by atoms with Crippen LogP contribution in [-0.4, -0.2) is 32.0 Å². The number of benzene rings is 1. The van der Waals surface area contributed by atoms with Gasteiger partial charge in [0.15, 0.2) is 0 Å². The van der Waals surface area contributed by atoms with E-state index in [1.54, 1.807) is 34.8 Å². The third-order valence-corrected chi connectivity index (χ3v) is 6.05. The zero-order valence-electron chi connectivity index (χ0n) is 13.8. The van der Waals surface area contributed by atoms with Gasteiger partial charge >= 0.3 is 0 Å². The Bertz CT molecular complexity index is 799. The van der Waals surface area contributed by atoms with Crippen LogP contribution in [0.25, 0.3) is 0 Å². The lowest BCUT2D eigenvalue weighted by molar-refractivity contribution is 0.424. The quantitative estimate of drug-likeness (QED) is 0.789. The molecule has 1 aliphatic rings. The van der Waals surface area contributed by atoms with Gasteiger partial charge in [-0.25, -0.2) is 8.42 Å². The van der Waals surface area contributed by atoms with Gasteiger partial charge in [-0.1, -0.05) is 12.8 Å². The molecule has 6 heteroatoms. The van der Waals surface area contributed by atoms with Gasteiger partial charge in [-0.2, -0.15) is 4.31 Å². The molecule has 1 aliphatic heterocycles. The SMILES string of the molecule is Cc1ccc(C=Nc2ccc(S(=O)(=O)N3CCCCCC3)cc2)o1. The molecule has 1 fully saturated rings. The van der Waals surface area contributed by atoms with Gasteiger partial charge in [0.1, 0.15) is 11.5 Å². The molecule has 0 aliphatic carbocycles. The van der Waals surface area contributed by atoms with Crippen LogP contribution in [0.1, 0.15) is 37.2 Å². The molecule has 128 valence electrons. The maximum Gasteiger partial charge on any atom is 0.243 e. The Balaban J connectivity index is 1.74. The van der Waals surface area contributed by atoms with Crippen molar-refractivity contribution < 1.29 is 12.8 Å². The molecule has 0 spiro atoms. The highest BCUT2D eigenvalue weighted by Crippen LogP contribution is 2.22. The molecule has 1 aromatic carbocycles. The van der Waals surface area contributed by atoms with E-state index < -0.39 is 10.0 Å². The average Bonchev–Trinajstić information content (AvgIpc) is 2.83. The second kappa shape index (κ2) is 7.32. The van der Waals surface area contributed by atoms with Crippen molar-refractivity contribution in [2.24, 2.45) is 4.99 Å². The van der Waals surface area contributed by atoms with E-state index in [1.807, 2.05) is 19.1 Å². The van der Waals surface area contributed by atoms with Crippen molar-refractivity contribution in [3.05, 3.63) is 47.9 Å². The monoisotopic (exact) mass is 346 g/mol. The molecule has 5 nitrogen and oxygen atoms in total. The highest BCUT2D eigenvalue weighted by atomic mass is 32.2. The van der Waals surface area contributed by atoms with E-state index in [-0.39, 0.29) is 0 Å². The molecular weight excluding hydrogens is 324 g/mol. The van der Waals surface area contributed by atoms with Crippen molar-refractivity contribution in [2.75, 3.05) is 13.1 Å². The summed E-state index contributed by atoms with van der Waals surface area (Å²) in [5.74, 6) is 1.50. The zero-order valence-corrected chi connectivity index (χ0v) is 14.6. The van der Waals surface area contributed by atoms with Crippen molar-refractivity contribution in [3.8, 4) is 0 Å². The van der Waals surface area contributed by atoms with Crippen LogP contribution >= 0.6 is 0 Å². The van der Waals surface area contributed by atoms with Gasteiger partial charge in [-0.15, -0.1) is 0 Å². The van der Waals surface area contributed by atoms with Crippen molar-refractivity contribution >= 4 is 21.9 Å². The molecule has 2 heterocycles. The number of hydrogen-bond acceptors (Lipinski definition) is 4. The highest BCUT2D eigenvalue weighted by molar-refractivity contribution is 7.89. The van der Waals surface area contributed by atoms with Gasteiger partial charge in [-0.05, 0) is 56.2 Å². The number of aliphatic imine (C=N–C) groups is 1. The summed E-state index contributed by atoms with van der Waals surface area (Å²) >= 11 is 0. The van der Waals surface area contributed by atoms with E-state index in [4.69, 9.17) is 4.42 Å². The summed E-state index contributed by atoms with van der Waals surface area (Å²) in [7, 11) is -3.40. The summed E-state index contributed by atoms with van der Waals surface area (Å²) < 4.78 is 32.4. The van der Waals surface area contributed by atoms with Crippen molar-refractivity contribution in [1.82, 2.24) is 4.31 Å². The Morgan fingerprint density at radius 2 is 1.67 bits per heavy atom. The van der Waals surface area contributed by atoms with Crippen LogP contribution in [0.15, 0.2) is 50.7 Å². The van der Waals surface area contributed by atoms with Crippen molar-refractivity contribution in [2.45, 2.75) is 37.5 Å². The lowest BCUT2D eigenvalue weighted by Crippen LogP contribution is -2.31. The number of sulfonamides is 1. The Morgan fingerprint density at radius 3 is 2.25 bits per heavy atom. The fourth-order valence-corrected chi connectivity index (χ4v) is 4.31. The molecule has 0 N–H and O–H groups in total. The maximum absolute atomic E-state index is 12.7. The minimum absolute atomic E-state index is 0.331. The van der Waals surface area contributed by atoms with Crippen LogP contribution < -0.4 is 0 Å². The Hall–Kier alpha value is -1.92. The van der Waals surface area contributed by atoms with Gasteiger partial charge in [-0.3, -0.25) is 4.99 Å².